The predicted octanol–water partition coefficient (Wildman–Crippen LogP) is 5.12. The molecule has 6 heteroatoms. The van der Waals surface area contributed by atoms with E-state index in [1.807, 2.05) is 37.4 Å². The molecule has 0 amide bonds. The number of anilines is 1. The second kappa shape index (κ2) is 7.94. The van der Waals surface area contributed by atoms with E-state index in [4.69, 9.17) is 11.6 Å². The summed E-state index contributed by atoms with van der Waals surface area (Å²) < 4.78 is 1.78. The van der Waals surface area contributed by atoms with Gasteiger partial charge < -0.3 is 4.90 Å². The standard InChI is InChI=1S/C23H20ClN5/c1-3-19-12-22(29-23(27-19)21(24)14-26-29)28(2)15-16-8-10-17(11-9-16)20-7-5-4-6-18(20)13-25/h4-12,14H,3,15H2,1-2H3. The predicted molar refractivity (Wildman–Crippen MR) is 116 cm³/mol. The molecule has 144 valence electrons. The van der Waals surface area contributed by atoms with Crippen molar-refractivity contribution in [2.24, 2.45) is 0 Å². The highest BCUT2D eigenvalue weighted by Gasteiger charge is 2.13. The van der Waals surface area contributed by atoms with Crippen LogP contribution in [0.1, 0.15) is 23.7 Å². The molecule has 0 saturated carbocycles. The zero-order chi connectivity index (χ0) is 20.4. The normalized spacial score (nSPS) is 10.8. The third kappa shape index (κ3) is 3.67. The summed E-state index contributed by atoms with van der Waals surface area (Å²) in [5.41, 5.74) is 5.48. The summed E-state index contributed by atoms with van der Waals surface area (Å²) in [6.07, 6.45) is 2.45. The van der Waals surface area contributed by atoms with Crippen LogP contribution in [0.2, 0.25) is 5.02 Å². The number of fused-ring (bicyclic) bond motifs is 1. The molecule has 5 nitrogen and oxygen atoms in total. The van der Waals surface area contributed by atoms with Crippen LogP contribution in [0.3, 0.4) is 0 Å². The van der Waals surface area contributed by atoms with Crippen molar-refractivity contribution < 1.29 is 0 Å². The number of halogens is 1. The van der Waals surface area contributed by atoms with E-state index in [0.717, 1.165) is 34.6 Å². The molecule has 0 aliphatic rings. The Bertz CT molecular complexity index is 1200. The summed E-state index contributed by atoms with van der Waals surface area (Å²) in [5.74, 6) is 0.942. The van der Waals surface area contributed by atoms with Crippen molar-refractivity contribution in [1.82, 2.24) is 14.6 Å². The third-order valence-corrected chi connectivity index (χ3v) is 5.22. The minimum Gasteiger partial charge on any atom is -0.355 e. The lowest BCUT2D eigenvalue weighted by Gasteiger charge is -2.21. The van der Waals surface area contributed by atoms with Crippen molar-refractivity contribution >= 4 is 23.1 Å². The van der Waals surface area contributed by atoms with E-state index in [-0.39, 0.29) is 0 Å². The molecule has 4 rings (SSSR count). The van der Waals surface area contributed by atoms with Gasteiger partial charge in [0.15, 0.2) is 5.65 Å². The molecule has 2 aromatic heterocycles. The van der Waals surface area contributed by atoms with E-state index in [2.05, 4.69) is 52.2 Å². The largest absolute Gasteiger partial charge is 0.355 e. The van der Waals surface area contributed by atoms with Gasteiger partial charge in [0.25, 0.3) is 0 Å². The first-order chi connectivity index (χ1) is 14.1. The van der Waals surface area contributed by atoms with Gasteiger partial charge in [-0.3, -0.25) is 0 Å². The van der Waals surface area contributed by atoms with Gasteiger partial charge in [-0.1, -0.05) is 61.0 Å². The number of nitriles is 1. The minimum absolute atomic E-state index is 0.551. The van der Waals surface area contributed by atoms with Gasteiger partial charge in [-0.25, -0.2) is 4.98 Å². The fraction of sp³-hybridized carbons (Fsp3) is 0.174. The van der Waals surface area contributed by atoms with Gasteiger partial charge in [-0.05, 0) is 29.2 Å². The number of hydrogen-bond acceptors (Lipinski definition) is 4. The van der Waals surface area contributed by atoms with Gasteiger partial charge >= 0.3 is 0 Å². The van der Waals surface area contributed by atoms with E-state index >= 15 is 0 Å². The zero-order valence-corrected chi connectivity index (χ0v) is 17.1. The molecular formula is C23H20ClN5. The molecule has 2 heterocycles. The third-order valence-electron chi connectivity index (χ3n) is 4.95. The fourth-order valence-corrected chi connectivity index (χ4v) is 3.56. The molecule has 4 aromatic rings. The molecule has 0 fully saturated rings. The molecule has 0 atom stereocenters. The highest BCUT2D eigenvalue weighted by molar-refractivity contribution is 6.33. The van der Waals surface area contributed by atoms with Crippen molar-refractivity contribution in [2.45, 2.75) is 19.9 Å². The van der Waals surface area contributed by atoms with Gasteiger partial charge in [0.1, 0.15) is 10.8 Å². The Hall–Kier alpha value is -3.36. The van der Waals surface area contributed by atoms with Crippen molar-refractivity contribution in [1.29, 1.82) is 5.26 Å². The average Bonchev–Trinajstić information content (AvgIpc) is 3.14. The lowest BCUT2D eigenvalue weighted by atomic mass is 9.99. The van der Waals surface area contributed by atoms with E-state index in [1.54, 1.807) is 10.7 Å². The highest BCUT2D eigenvalue weighted by atomic mass is 35.5. The maximum atomic E-state index is 9.33. The molecule has 0 N–H and O–H groups in total. The highest BCUT2D eigenvalue weighted by Crippen LogP contribution is 2.26. The van der Waals surface area contributed by atoms with E-state index in [9.17, 15) is 5.26 Å². The Labute approximate surface area is 174 Å². The molecule has 0 aliphatic heterocycles. The number of nitrogens with zero attached hydrogens (tertiary/aromatic N) is 5. The fourth-order valence-electron chi connectivity index (χ4n) is 3.40. The molecule has 0 radical (unpaired) electrons. The topological polar surface area (TPSA) is 57.2 Å². The van der Waals surface area contributed by atoms with Gasteiger partial charge in [-0.15, -0.1) is 0 Å². The van der Waals surface area contributed by atoms with Gasteiger partial charge in [-0.2, -0.15) is 14.9 Å². The zero-order valence-electron chi connectivity index (χ0n) is 16.3. The number of aromatic nitrogens is 3. The monoisotopic (exact) mass is 401 g/mol. The smallest absolute Gasteiger partial charge is 0.176 e. The summed E-state index contributed by atoms with van der Waals surface area (Å²) in [6.45, 7) is 2.78. The molecule has 0 aliphatic carbocycles. The van der Waals surface area contributed by atoms with Crippen LogP contribution in [0, 0.1) is 11.3 Å². The van der Waals surface area contributed by atoms with Crippen molar-refractivity contribution in [3.63, 3.8) is 0 Å². The first-order valence-electron chi connectivity index (χ1n) is 9.43. The van der Waals surface area contributed by atoms with Crippen LogP contribution in [0.5, 0.6) is 0 Å². The molecule has 0 bridgehead atoms. The number of rotatable bonds is 5. The molecule has 0 saturated heterocycles. The van der Waals surface area contributed by atoms with Crippen LogP contribution in [0.4, 0.5) is 5.82 Å². The van der Waals surface area contributed by atoms with Gasteiger partial charge in [0.05, 0.1) is 17.8 Å². The molecule has 0 spiro atoms. The molecule has 0 unspecified atom stereocenters. The van der Waals surface area contributed by atoms with Crippen LogP contribution in [-0.2, 0) is 13.0 Å². The Kier molecular flexibility index (Phi) is 5.20. The number of aryl methyl sites for hydroxylation is 1. The Balaban J connectivity index is 1.62. The van der Waals surface area contributed by atoms with Crippen LogP contribution < -0.4 is 4.90 Å². The Morgan fingerprint density at radius 1 is 1.14 bits per heavy atom. The van der Waals surface area contributed by atoms with Crippen molar-refractivity contribution in [2.75, 3.05) is 11.9 Å². The number of benzene rings is 2. The van der Waals surface area contributed by atoms with Crippen molar-refractivity contribution in [3.05, 3.63) is 82.6 Å². The van der Waals surface area contributed by atoms with Crippen molar-refractivity contribution in [3.8, 4) is 17.2 Å². The van der Waals surface area contributed by atoms with Crippen LogP contribution in [0.15, 0.2) is 60.8 Å². The second-order valence-corrected chi connectivity index (χ2v) is 7.30. The number of hydrogen-bond donors (Lipinski definition) is 0. The van der Waals surface area contributed by atoms with E-state index in [0.29, 0.717) is 22.8 Å². The molecule has 2 aromatic carbocycles. The Morgan fingerprint density at radius 3 is 2.62 bits per heavy atom. The van der Waals surface area contributed by atoms with Gasteiger partial charge in [0.2, 0.25) is 0 Å². The summed E-state index contributed by atoms with van der Waals surface area (Å²) in [6, 6.07) is 20.3. The maximum absolute atomic E-state index is 9.33. The van der Waals surface area contributed by atoms with E-state index in [1.165, 1.54) is 0 Å². The lowest BCUT2D eigenvalue weighted by molar-refractivity contribution is 0.822. The summed E-state index contributed by atoms with van der Waals surface area (Å²) in [7, 11) is 2.03. The first kappa shape index (κ1) is 19.0. The second-order valence-electron chi connectivity index (χ2n) is 6.90. The molecular weight excluding hydrogens is 382 g/mol. The lowest BCUT2D eigenvalue weighted by Crippen LogP contribution is -2.20. The average molecular weight is 402 g/mol. The van der Waals surface area contributed by atoms with Crippen LogP contribution in [-0.4, -0.2) is 21.6 Å². The first-order valence-corrected chi connectivity index (χ1v) is 9.81. The maximum Gasteiger partial charge on any atom is 0.176 e. The SMILES string of the molecule is CCc1cc(N(C)Cc2ccc(-c3ccccc3C#N)cc2)n2ncc(Cl)c2n1. The Morgan fingerprint density at radius 2 is 1.90 bits per heavy atom. The van der Waals surface area contributed by atoms with Crippen LogP contribution in [0.25, 0.3) is 16.8 Å². The minimum atomic E-state index is 0.551. The quantitative estimate of drug-likeness (QED) is 0.465. The van der Waals surface area contributed by atoms with E-state index < -0.39 is 0 Å². The summed E-state index contributed by atoms with van der Waals surface area (Å²) in [4.78, 5) is 6.71. The van der Waals surface area contributed by atoms with Crippen LogP contribution >= 0.6 is 11.6 Å². The summed E-state index contributed by atoms with van der Waals surface area (Å²) >= 11 is 6.25. The van der Waals surface area contributed by atoms with Gasteiger partial charge in [0, 0.05) is 25.4 Å². The molecule has 29 heavy (non-hydrogen) atoms. The summed E-state index contributed by atoms with van der Waals surface area (Å²) in [5, 5.41) is 14.3.